The summed E-state index contributed by atoms with van der Waals surface area (Å²) in [4.78, 5) is 19.6. The molecule has 0 spiro atoms. The van der Waals surface area contributed by atoms with Crippen molar-refractivity contribution in [3.8, 4) is 5.75 Å². The Bertz CT molecular complexity index is 814. The normalized spacial score (nSPS) is 11.4. The van der Waals surface area contributed by atoms with Crippen LogP contribution in [0.25, 0.3) is 0 Å². The Kier molecular flexibility index (Phi) is 9.93. The molecule has 9 heteroatoms. The fourth-order valence-corrected chi connectivity index (χ4v) is 2.32. The van der Waals surface area contributed by atoms with Gasteiger partial charge in [0.05, 0.1) is 19.3 Å². The number of oxazole rings is 1. The third-order valence-corrected chi connectivity index (χ3v) is 3.74. The smallest absolute Gasteiger partial charge is 0.221 e. The number of anilines is 1. The van der Waals surface area contributed by atoms with Crippen molar-refractivity contribution in [3.05, 3.63) is 42.1 Å². The molecule has 0 aliphatic heterocycles. The summed E-state index contributed by atoms with van der Waals surface area (Å²) < 4.78 is 11.5. The maximum Gasteiger partial charge on any atom is 0.221 e. The number of carbonyl (C=O) groups excluding carboxylic acids is 1. The summed E-state index contributed by atoms with van der Waals surface area (Å²) in [5, 5.41) is 9.06. The van der Waals surface area contributed by atoms with Crippen LogP contribution in [0.2, 0.25) is 0 Å². The molecule has 1 aromatic carbocycles. The second kappa shape index (κ2) is 11.6. The molecule has 0 fully saturated rings. The molecule has 0 bridgehead atoms. The molecule has 160 valence electrons. The van der Waals surface area contributed by atoms with Crippen LogP contribution >= 0.6 is 24.0 Å². The number of halogens is 1. The molecule has 0 saturated carbocycles. The molecular weight excluding hydrogens is 485 g/mol. The molecule has 1 aromatic heterocycles. The second-order valence-electron chi connectivity index (χ2n) is 7.28. The van der Waals surface area contributed by atoms with E-state index in [1.54, 1.807) is 19.3 Å². The number of aliphatic imine (C=N–C) groups is 1. The lowest BCUT2D eigenvalue weighted by Crippen LogP contribution is -2.38. The summed E-state index contributed by atoms with van der Waals surface area (Å²) in [5.41, 5.74) is 0.635. The van der Waals surface area contributed by atoms with Crippen molar-refractivity contribution >= 4 is 41.5 Å². The van der Waals surface area contributed by atoms with E-state index < -0.39 is 0 Å². The van der Waals surface area contributed by atoms with Gasteiger partial charge in [0.1, 0.15) is 18.1 Å². The predicted molar refractivity (Wildman–Crippen MR) is 125 cm³/mol. The van der Waals surface area contributed by atoms with Gasteiger partial charge in [-0.25, -0.2) is 4.98 Å². The van der Waals surface area contributed by atoms with E-state index in [-0.39, 0.29) is 35.3 Å². The molecule has 0 radical (unpaired) electrons. The van der Waals surface area contributed by atoms with Gasteiger partial charge in [-0.3, -0.25) is 9.79 Å². The highest BCUT2D eigenvalue weighted by Gasteiger charge is 2.19. The monoisotopic (exact) mass is 515 g/mol. The minimum Gasteiger partial charge on any atom is -0.492 e. The first-order valence-corrected chi connectivity index (χ1v) is 9.18. The van der Waals surface area contributed by atoms with E-state index in [0.29, 0.717) is 43.0 Å². The molecule has 0 saturated heterocycles. The maximum atomic E-state index is 11.1. The molecule has 0 atom stereocenters. The summed E-state index contributed by atoms with van der Waals surface area (Å²) in [6.45, 7) is 9.15. The second-order valence-corrected chi connectivity index (χ2v) is 7.28. The average Bonchev–Trinajstić information content (AvgIpc) is 3.10. The molecule has 2 rings (SSSR count). The number of hydrogen-bond acceptors (Lipinski definition) is 5. The van der Waals surface area contributed by atoms with Crippen LogP contribution in [0.1, 0.15) is 39.3 Å². The van der Waals surface area contributed by atoms with Crippen molar-refractivity contribution in [1.29, 1.82) is 0 Å². The van der Waals surface area contributed by atoms with Crippen molar-refractivity contribution in [2.45, 2.75) is 39.7 Å². The lowest BCUT2D eigenvalue weighted by Gasteiger charge is -2.13. The summed E-state index contributed by atoms with van der Waals surface area (Å²) in [6, 6.07) is 7.26. The molecule has 0 unspecified atom stereocenters. The number of carbonyl (C=O) groups is 1. The third kappa shape index (κ3) is 8.71. The van der Waals surface area contributed by atoms with Crippen molar-refractivity contribution in [3.63, 3.8) is 0 Å². The number of aromatic nitrogens is 1. The van der Waals surface area contributed by atoms with Crippen LogP contribution in [0.15, 0.2) is 39.9 Å². The Morgan fingerprint density at radius 2 is 2.03 bits per heavy atom. The summed E-state index contributed by atoms with van der Waals surface area (Å²) in [6.07, 6.45) is 1.76. The third-order valence-electron chi connectivity index (χ3n) is 3.74. The van der Waals surface area contributed by atoms with Gasteiger partial charge in [-0.2, -0.15) is 0 Å². The molecular formula is C20H30IN5O3. The number of rotatable bonds is 7. The van der Waals surface area contributed by atoms with E-state index in [0.717, 1.165) is 5.76 Å². The fraction of sp³-hybridized carbons (Fsp3) is 0.450. The molecule has 0 aliphatic carbocycles. The Balaban J connectivity index is 0.00000420. The number of benzene rings is 1. The predicted octanol–water partition coefficient (Wildman–Crippen LogP) is 3.29. The van der Waals surface area contributed by atoms with E-state index in [4.69, 9.17) is 9.15 Å². The first-order chi connectivity index (χ1) is 13.3. The fourth-order valence-electron chi connectivity index (χ4n) is 2.32. The molecule has 8 nitrogen and oxygen atoms in total. The molecule has 1 amide bonds. The van der Waals surface area contributed by atoms with Crippen molar-refractivity contribution < 1.29 is 13.9 Å². The highest BCUT2D eigenvalue weighted by molar-refractivity contribution is 14.0. The SMILES string of the molecule is CN=C(NCCOc1cccc(NC(C)=O)c1)NCc1ncc(C(C)(C)C)o1.I. The van der Waals surface area contributed by atoms with Crippen LogP contribution < -0.4 is 20.7 Å². The molecule has 1 heterocycles. The minimum absolute atomic E-state index is 0. The zero-order chi connectivity index (χ0) is 20.6. The molecule has 3 N–H and O–H groups in total. The number of ether oxygens (including phenoxy) is 1. The molecule has 29 heavy (non-hydrogen) atoms. The topological polar surface area (TPSA) is 101 Å². The van der Waals surface area contributed by atoms with Crippen LogP contribution in [-0.2, 0) is 16.8 Å². The van der Waals surface area contributed by atoms with Gasteiger partial charge in [-0.05, 0) is 12.1 Å². The van der Waals surface area contributed by atoms with Crippen LogP contribution in [-0.4, -0.2) is 37.1 Å². The number of nitrogens with one attached hydrogen (secondary N) is 3. The summed E-state index contributed by atoms with van der Waals surface area (Å²) in [5.74, 6) is 2.66. The largest absolute Gasteiger partial charge is 0.492 e. The number of guanidine groups is 1. The van der Waals surface area contributed by atoms with Crippen LogP contribution in [0, 0.1) is 0 Å². The van der Waals surface area contributed by atoms with Gasteiger partial charge in [0.15, 0.2) is 5.96 Å². The minimum atomic E-state index is -0.116. The first-order valence-electron chi connectivity index (χ1n) is 9.18. The van der Waals surface area contributed by atoms with Crippen molar-refractivity contribution in [2.75, 3.05) is 25.5 Å². The zero-order valence-corrected chi connectivity index (χ0v) is 19.9. The first kappa shape index (κ1) is 24.7. The highest BCUT2D eigenvalue weighted by Crippen LogP contribution is 2.22. The van der Waals surface area contributed by atoms with Gasteiger partial charge >= 0.3 is 0 Å². The zero-order valence-electron chi connectivity index (χ0n) is 17.5. The van der Waals surface area contributed by atoms with Crippen molar-refractivity contribution in [1.82, 2.24) is 15.6 Å². The standard InChI is InChI=1S/C20H29N5O3.HI/c1-14(26)25-15-7-6-8-16(11-15)27-10-9-22-19(21-5)24-13-18-23-12-17(28-18)20(2,3)4;/h6-8,11-12H,9-10,13H2,1-5H3,(H,25,26)(H2,21,22,24);1H. The summed E-state index contributed by atoms with van der Waals surface area (Å²) >= 11 is 0. The van der Waals surface area contributed by atoms with Gasteiger partial charge in [0.25, 0.3) is 0 Å². The van der Waals surface area contributed by atoms with E-state index in [1.165, 1.54) is 6.92 Å². The Labute approximate surface area is 188 Å². The number of nitrogens with zero attached hydrogens (tertiary/aromatic N) is 2. The molecule has 2 aromatic rings. The van der Waals surface area contributed by atoms with Crippen molar-refractivity contribution in [2.24, 2.45) is 4.99 Å². The summed E-state index contributed by atoms with van der Waals surface area (Å²) in [7, 11) is 1.70. The van der Waals surface area contributed by atoms with Crippen LogP contribution in [0.3, 0.4) is 0 Å². The van der Waals surface area contributed by atoms with Gasteiger partial charge < -0.3 is 25.1 Å². The number of hydrogen-bond donors (Lipinski definition) is 3. The lowest BCUT2D eigenvalue weighted by molar-refractivity contribution is -0.114. The van der Waals surface area contributed by atoms with Gasteiger partial charge in [-0.1, -0.05) is 26.8 Å². The highest BCUT2D eigenvalue weighted by atomic mass is 127. The lowest BCUT2D eigenvalue weighted by atomic mass is 9.94. The van der Waals surface area contributed by atoms with E-state index in [9.17, 15) is 4.79 Å². The Hall–Kier alpha value is -2.30. The Morgan fingerprint density at radius 3 is 2.66 bits per heavy atom. The quantitative estimate of drug-likeness (QED) is 0.227. The van der Waals surface area contributed by atoms with Crippen LogP contribution in [0.5, 0.6) is 5.75 Å². The average molecular weight is 515 g/mol. The van der Waals surface area contributed by atoms with Gasteiger partial charge in [-0.15, -0.1) is 24.0 Å². The maximum absolute atomic E-state index is 11.1. The van der Waals surface area contributed by atoms with Gasteiger partial charge in [0, 0.05) is 31.1 Å². The van der Waals surface area contributed by atoms with Gasteiger partial charge in [0.2, 0.25) is 11.8 Å². The Morgan fingerprint density at radius 1 is 1.28 bits per heavy atom. The number of amides is 1. The van der Waals surface area contributed by atoms with E-state index in [1.807, 2.05) is 18.2 Å². The molecule has 0 aliphatic rings. The van der Waals surface area contributed by atoms with E-state index in [2.05, 4.69) is 46.7 Å². The van der Waals surface area contributed by atoms with Crippen LogP contribution in [0.4, 0.5) is 5.69 Å². The van der Waals surface area contributed by atoms with E-state index >= 15 is 0 Å².